The summed E-state index contributed by atoms with van der Waals surface area (Å²) in [6, 6.07) is 21.6. The summed E-state index contributed by atoms with van der Waals surface area (Å²) in [4.78, 5) is 24.2. The van der Waals surface area contributed by atoms with Gasteiger partial charge in [-0.15, -0.1) is 0 Å². The van der Waals surface area contributed by atoms with Gasteiger partial charge in [0.05, 0.1) is 16.4 Å². The molecule has 2 aromatic carbocycles. The topological polar surface area (TPSA) is 99.2 Å². The third-order valence-corrected chi connectivity index (χ3v) is 9.44. The molecule has 1 unspecified atom stereocenters. The number of rotatable bonds is 8. The Bertz CT molecular complexity index is 1730. The molecule has 1 fully saturated rings. The number of carbonyl (C=O) groups is 1. The number of pyridine rings is 2. The summed E-state index contributed by atoms with van der Waals surface area (Å²) in [5.74, 6) is -1.59. The number of carbonyl (C=O) groups excluding carboxylic acids is 1. The highest BCUT2D eigenvalue weighted by Crippen LogP contribution is 2.43. The van der Waals surface area contributed by atoms with Crippen LogP contribution in [0.5, 0.6) is 0 Å². The first-order chi connectivity index (χ1) is 21.3. The molecule has 44 heavy (non-hydrogen) atoms. The molecular formula is C33H30ClF2N5O2S. The number of nitrogens with zero attached hydrogens (tertiary/aromatic N) is 2. The number of amides is 1. The van der Waals surface area contributed by atoms with Crippen LogP contribution in [-0.4, -0.2) is 27.0 Å². The van der Waals surface area contributed by atoms with Crippen LogP contribution in [0.4, 0.5) is 26.1 Å². The van der Waals surface area contributed by atoms with Crippen LogP contribution in [0.3, 0.4) is 0 Å². The molecule has 4 aromatic rings. The minimum Gasteiger partial charge on any atom is -0.511 e. The molecule has 1 amide bonds. The Hall–Kier alpha value is -4.15. The van der Waals surface area contributed by atoms with Crippen molar-refractivity contribution in [3.8, 4) is 0 Å². The molecule has 1 aliphatic carbocycles. The molecule has 1 saturated carbocycles. The van der Waals surface area contributed by atoms with Gasteiger partial charge in [0.25, 0.3) is 5.91 Å². The average Bonchev–Trinajstić information content (AvgIpc) is 3.02. The van der Waals surface area contributed by atoms with E-state index in [2.05, 4.69) is 16.0 Å². The summed E-state index contributed by atoms with van der Waals surface area (Å²) >= 11 is 7.44. The fourth-order valence-electron chi connectivity index (χ4n) is 5.61. The Balaban J connectivity index is 1.40. The predicted octanol–water partition coefficient (Wildman–Crippen LogP) is 8.22. The van der Waals surface area contributed by atoms with Crippen molar-refractivity contribution in [3.05, 3.63) is 118 Å². The van der Waals surface area contributed by atoms with E-state index in [0.717, 1.165) is 49.6 Å². The van der Waals surface area contributed by atoms with E-state index in [4.69, 9.17) is 21.6 Å². The normalized spacial score (nSPS) is 19.0. The molecule has 4 N–H and O–H groups in total. The van der Waals surface area contributed by atoms with Gasteiger partial charge in [-0.3, -0.25) is 4.79 Å². The second-order valence-corrected chi connectivity index (χ2v) is 12.4. The van der Waals surface area contributed by atoms with Gasteiger partial charge in [-0.1, -0.05) is 66.9 Å². The quantitative estimate of drug-likeness (QED) is 0.155. The summed E-state index contributed by atoms with van der Waals surface area (Å²) in [7, 11) is 0. The van der Waals surface area contributed by atoms with Crippen LogP contribution in [0.1, 0.15) is 49.9 Å². The third kappa shape index (κ3) is 6.37. The molecule has 1 atom stereocenters. The van der Waals surface area contributed by atoms with Crippen molar-refractivity contribution in [2.24, 2.45) is 0 Å². The summed E-state index contributed by atoms with van der Waals surface area (Å²) in [5.41, 5.74) is -0.165. The first kappa shape index (κ1) is 29.9. The molecule has 0 radical (unpaired) electrons. The number of aliphatic hydroxyl groups is 1. The van der Waals surface area contributed by atoms with E-state index in [-0.39, 0.29) is 17.1 Å². The molecule has 0 spiro atoms. The molecule has 2 aromatic heterocycles. The minimum atomic E-state index is -1.35. The number of hydrogen-bond acceptors (Lipinski definition) is 7. The van der Waals surface area contributed by atoms with E-state index in [9.17, 15) is 18.7 Å². The SMILES string of the molecule is O=C1NC(c2cccc(Nc3ccc(F)c(F)c3)n2)(c2cccc(NC3CCCCC3)n2)CC(O)=C1Sc1ccccc1Cl. The Morgan fingerprint density at radius 2 is 1.59 bits per heavy atom. The average molecular weight is 634 g/mol. The molecule has 1 aliphatic heterocycles. The van der Waals surface area contributed by atoms with Crippen molar-refractivity contribution in [2.45, 2.75) is 55.0 Å². The number of aliphatic hydroxyl groups excluding tert-OH is 1. The molecule has 7 nitrogen and oxygen atoms in total. The zero-order valence-electron chi connectivity index (χ0n) is 23.6. The molecule has 3 heterocycles. The molecule has 2 aliphatic rings. The van der Waals surface area contributed by atoms with E-state index in [1.165, 1.54) is 12.5 Å². The van der Waals surface area contributed by atoms with Crippen LogP contribution in [0, 0.1) is 11.6 Å². The lowest BCUT2D eigenvalue weighted by Crippen LogP contribution is -2.51. The first-order valence-electron chi connectivity index (χ1n) is 14.4. The number of benzene rings is 2. The highest BCUT2D eigenvalue weighted by Gasteiger charge is 2.45. The van der Waals surface area contributed by atoms with E-state index >= 15 is 0 Å². The standard InChI is InChI=1S/C33H30ClF2N5O2S/c34-22-10-4-5-11-26(22)44-31-25(42)19-33(41-32(31)43,27-12-6-14-29(39-27)37-20-8-2-1-3-9-20)28-13-7-15-30(40-28)38-21-16-17-23(35)24(36)18-21/h4-7,10-18,20,42H,1-3,8-9,19H2,(H,37,39)(H,38,40)(H,41,43). The number of nitrogens with one attached hydrogen (secondary N) is 3. The second kappa shape index (κ2) is 12.8. The fraction of sp³-hybridized carbons (Fsp3) is 0.242. The number of aromatic nitrogens is 2. The van der Waals surface area contributed by atoms with Gasteiger partial charge in [-0.2, -0.15) is 0 Å². The van der Waals surface area contributed by atoms with E-state index in [1.807, 2.05) is 12.1 Å². The lowest BCUT2D eigenvalue weighted by Gasteiger charge is -2.38. The third-order valence-electron chi connectivity index (χ3n) is 7.80. The molecule has 0 saturated heterocycles. The van der Waals surface area contributed by atoms with Crippen molar-refractivity contribution in [2.75, 3.05) is 10.6 Å². The second-order valence-electron chi connectivity index (χ2n) is 10.9. The van der Waals surface area contributed by atoms with Gasteiger partial charge in [0.2, 0.25) is 0 Å². The predicted molar refractivity (Wildman–Crippen MR) is 169 cm³/mol. The van der Waals surface area contributed by atoms with Crippen LogP contribution in [0.25, 0.3) is 0 Å². The number of anilines is 3. The molecule has 0 bridgehead atoms. The summed E-state index contributed by atoms with van der Waals surface area (Å²) < 4.78 is 27.4. The van der Waals surface area contributed by atoms with Crippen molar-refractivity contribution in [1.82, 2.24) is 15.3 Å². The lowest BCUT2D eigenvalue weighted by molar-refractivity contribution is -0.119. The van der Waals surface area contributed by atoms with E-state index < -0.39 is 23.1 Å². The first-order valence-corrected chi connectivity index (χ1v) is 15.6. The van der Waals surface area contributed by atoms with E-state index in [1.54, 1.807) is 48.5 Å². The minimum absolute atomic E-state index is 0.0347. The van der Waals surface area contributed by atoms with Crippen LogP contribution >= 0.6 is 23.4 Å². The number of thioether (sulfide) groups is 1. The highest BCUT2D eigenvalue weighted by atomic mass is 35.5. The van der Waals surface area contributed by atoms with Crippen molar-refractivity contribution >= 4 is 46.6 Å². The van der Waals surface area contributed by atoms with Crippen LogP contribution < -0.4 is 16.0 Å². The maximum atomic E-state index is 13.9. The zero-order chi connectivity index (χ0) is 30.7. The van der Waals surface area contributed by atoms with Gasteiger partial charge in [0, 0.05) is 29.1 Å². The van der Waals surface area contributed by atoms with Gasteiger partial charge < -0.3 is 21.1 Å². The molecule has 11 heteroatoms. The number of halogens is 3. The zero-order valence-corrected chi connectivity index (χ0v) is 25.2. The van der Waals surface area contributed by atoms with Crippen molar-refractivity contribution in [1.29, 1.82) is 0 Å². The van der Waals surface area contributed by atoms with Gasteiger partial charge in [0.15, 0.2) is 11.6 Å². The highest BCUT2D eigenvalue weighted by molar-refractivity contribution is 8.04. The Morgan fingerprint density at radius 3 is 2.30 bits per heavy atom. The van der Waals surface area contributed by atoms with Gasteiger partial charge in [-0.25, -0.2) is 18.7 Å². The van der Waals surface area contributed by atoms with Crippen molar-refractivity contribution < 1.29 is 18.7 Å². The largest absolute Gasteiger partial charge is 0.511 e. The smallest absolute Gasteiger partial charge is 0.262 e. The maximum Gasteiger partial charge on any atom is 0.262 e. The molecular weight excluding hydrogens is 604 g/mol. The maximum absolute atomic E-state index is 13.9. The van der Waals surface area contributed by atoms with E-state index in [0.29, 0.717) is 44.7 Å². The summed E-state index contributed by atoms with van der Waals surface area (Å²) in [5, 5.41) is 21.5. The van der Waals surface area contributed by atoms with Crippen molar-refractivity contribution in [3.63, 3.8) is 0 Å². The summed E-state index contributed by atoms with van der Waals surface area (Å²) in [6.45, 7) is 0. The molecule has 6 rings (SSSR count). The Labute approximate surface area is 263 Å². The van der Waals surface area contributed by atoms with Crippen LogP contribution in [0.15, 0.2) is 94.4 Å². The molecule has 226 valence electrons. The van der Waals surface area contributed by atoms with Gasteiger partial charge in [0.1, 0.15) is 27.8 Å². The Kier molecular flexibility index (Phi) is 8.72. The van der Waals surface area contributed by atoms with Gasteiger partial charge >= 0.3 is 0 Å². The fourth-order valence-corrected chi connectivity index (χ4v) is 6.73. The monoisotopic (exact) mass is 633 g/mol. The lowest BCUT2D eigenvalue weighted by atomic mass is 9.83. The van der Waals surface area contributed by atoms with Crippen LogP contribution in [-0.2, 0) is 10.3 Å². The van der Waals surface area contributed by atoms with Crippen LogP contribution in [0.2, 0.25) is 5.02 Å². The number of hydrogen-bond donors (Lipinski definition) is 4. The summed E-state index contributed by atoms with van der Waals surface area (Å²) in [6.07, 6.45) is 5.61. The van der Waals surface area contributed by atoms with Gasteiger partial charge in [-0.05, 0) is 61.4 Å². The Morgan fingerprint density at radius 1 is 0.886 bits per heavy atom.